The van der Waals surface area contributed by atoms with Crippen molar-refractivity contribution in [1.82, 2.24) is 9.97 Å². The zero-order valence-electron chi connectivity index (χ0n) is 11.2. The molecule has 1 aromatic heterocycles. The number of carboxylic acid groups (broad SMARTS) is 1. The second kappa shape index (κ2) is 5.69. The van der Waals surface area contributed by atoms with Gasteiger partial charge in [0, 0.05) is 11.6 Å². The van der Waals surface area contributed by atoms with Crippen molar-refractivity contribution in [2.24, 2.45) is 0 Å². The van der Waals surface area contributed by atoms with Crippen LogP contribution < -0.4 is 0 Å². The van der Waals surface area contributed by atoms with E-state index >= 15 is 0 Å². The molecule has 1 atom stereocenters. The quantitative estimate of drug-likeness (QED) is 0.865. The lowest BCUT2D eigenvalue weighted by atomic mass is 10.0. The third-order valence-electron chi connectivity index (χ3n) is 3.21. The summed E-state index contributed by atoms with van der Waals surface area (Å²) in [5, 5.41) is 9.18. The molecule has 4 heteroatoms. The van der Waals surface area contributed by atoms with Gasteiger partial charge in [0.1, 0.15) is 5.82 Å². The largest absolute Gasteiger partial charge is 0.476 e. The first-order valence-corrected chi connectivity index (χ1v) is 6.50. The van der Waals surface area contributed by atoms with E-state index in [1.54, 1.807) is 0 Å². The fraction of sp³-hybridized carbons (Fsp3) is 0.333. The summed E-state index contributed by atoms with van der Waals surface area (Å²) < 4.78 is 0. The molecule has 0 aliphatic heterocycles. The second-order valence-electron chi connectivity index (χ2n) is 4.64. The Kier molecular flexibility index (Phi) is 4.00. The number of nitrogens with zero attached hydrogens (tertiary/aromatic N) is 1. The number of rotatable bonds is 5. The van der Waals surface area contributed by atoms with Crippen molar-refractivity contribution in [3.05, 3.63) is 53.1 Å². The molecule has 100 valence electrons. The van der Waals surface area contributed by atoms with Gasteiger partial charge in [0.2, 0.25) is 0 Å². The molecule has 19 heavy (non-hydrogen) atoms. The molecule has 0 saturated carbocycles. The second-order valence-corrected chi connectivity index (χ2v) is 4.64. The highest BCUT2D eigenvalue weighted by Crippen LogP contribution is 2.23. The van der Waals surface area contributed by atoms with E-state index in [0.29, 0.717) is 17.9 Å². The monoisotopic (exact) mass is 258 g/mol. The highest BCUT2D eigenvalue weighted by molar-refractivity contribution is 5.86. The first kappa shape index (κ1) is 13.3. The average Bonchev–Trinajstić information content (AvgIpc) is 2.83. The normalized spacial score (nSPS) is 12.3. The van der Waals surface area contributed by atoms with E-state index in [-0.39, 0.29) is 11.6 Å². The van der Waals surface area contributed by atoms with Crippen molar-refractivity contribution >= 4 is 5.97 Å². The third kappa shape index (κ3) is 2.84. The number of aromatic nitrogens is 2. The number of carbonyl (C=O) groups is 1. The fourth-order valence-corrected chi connectivity index (χ4v) is 2.14. The summed E-state index contributed by atoms with van der Waals surface area (Å²) in [6, 6.07) is 9.95. The number of hydrogen-bond acceptors (Lipinski definition) is 2. The minimum absolute atomic E-state index is 0.0601. The molecule has 1 heterocycles. The molecule has 0 bridgehead atoms. The molecule has 0 radical (unpaired) electrons. The van der Waals surface area contributed by atoms with Crippen molar-refractivity contribution in [1.29, 1.82) is 0 Å². The zero-order chi connectivity index (χ0) is 13.8. The van der Waals surface area contributed by atoms with Crippen molar-refractivity contribution in [2.45, 2.75) is 32.6 Å². The smallest absolute Gasteiger partial charge is 0.356 e. The van der Waals surface area contributed by atoms with Crippen LogP contribution in [0.5, 0.6) is 0 Å². The number of benzene rings is 1. The summed E-state index contributed by atoms with van der Waals surface area (Å²) in [6.07, 6.45) is 1.60. The Morgan fingerprint density at radius 3 is 2.63 bits per heavy atom. The van der Waals surface area contributed by atoms with Crippen molar-refractivity contribution in [2.75, 3.05) is 0 Å². The SMILES string of the molecule is CCCc1[nH]c(C(C)c2ccccc2)nc1C(=O)O. The predicted molar refractivity (Wildman–Crippen MR) is 73.5 cm³/mol. The van der Waals surface area contributed by atoms with Gasteiger partial charge in [-0.3, -0.25) is 0 Å². The molecule has 0 spiro atoms. The van der Waals surface area contributed by atoms with Gasteiger partial charge in [-0.05, 0) is 12.0 Å². The molecule has 0 fully saturated rings. The molecule has 0 saturated heterocycles. The topological polar surface area (TPSA) is 66.0 Å². The molecule has 2 aromatic rings. The van der Waals surface area contributed by atoms with Crippen LogP contribution >= 0.6 is 0 Å². The number of aryl methyl sites for hydroxylation is 1. The number of hydrogen-bond donors (Lipinski definition) is 2. The molecule has 0 amide bonds. The van der Waals surface area contributed by atoms with Crippen LogP contribution in [0.25, 0.3) is 0 Å². The molecular formula is C15H18N2O2. The van der Waals surface area contributed by atoms with Crippen LogP contribution in [-0.2, 0) is 6.42 Å². The predicted octanol–water partition coefficient (Wildman–Crippen LogP) is 3.21. The van der Waals surface area contributed by atoms with Crippen LogP contribution in [0.2, 0.25) is 0 Å². The van der Waals surface area contributed by atoms with E-state index in [2.05, 4.69) is 9.97 Å². The van der Waals surface area contributed by atoms with Crippen molar-refractivity contribution in [3.8, 4) is 0 Å². The summed E-state index contributed by atoms with van der Waals surface area (Å²) in [5.74, 6) is -0.192. The van der Waals surface area contributed by atoms with Gasteiger partial charge in [0.05, 0.1) is 0 Å². The summed E-state index contributed by atoms with van der Waals surface area (Å²) in [4.78, 5) is 18.6. The van der Waals surface area contributed by atoms with Gasteiger partial charge in [-0.15, -0.1) is 0 Å². The van der Waals surface area contributed by atoms with Crippen LogP contribution in [0.3, 0.4) is 0 Å². The Balaban J connectivity index is 2.35. The summed E-state index contributed by atoms with van der Waals surface area (Å²) in [7, 11) is 0. The molecule has 1 aromatic carbocycles. The lowest BCUT2D eigenvalue weighted by Crippen LogP contribution is -2.02. The Morgan fingerprint density at radius 2 is 2.05 bits per heavy atom. The maximum Gasteiger partial charge on any atom is 0.356 e. The molecule has 0 aliphatic rings. The number of nitrogens with one attached hydrogen (secondary N) is 1. The number of aromatic carboxylic acids is 1. The van der Waals surface area contributed by atoms with Crippen LogP contribution in [0, 0.1) is 0 Å². The van der Waals surface area contributed by atoms with Gasteiger partial charge >= 0.3 is 5.97 Å². The summed E-state index contributed by atoms with van der Waals surface area (Å²) in [6.45, 7) is 4.04. The molecule has 2 N–H and O–H groups in total. The minimum Gasteiger partial charge on any atom is -0.476 e. The number of imidazole rings is 1. The van der Waals surface area contributed by atoms with Crippen LogP contribution in [0.1, 0.15) is 53.8 Å². The highest BCUT2D eigenvalue weighted by atomic mass is 16.4. The zero-order valence-corrected chi connectivity index (χ0v) is 11.2. The number of H-pyrrole nitrogens is 1. The Bertz CT molecular complexity index is 561. The molecule has 0 aliphatic carbocycles. The molecule has 4 nitrogen and oxygen atoms in total. The van der Waals surface area contributed by atoms with E-state index < -0.39 is 5.97 Å². The molecule has 1 unspecified atom stereocenters. The summed E-state index contributed by atoms with van der Waals surface area (Å²) >= 11 is 0. The van der Waals surface area contributed by atoms with Crippen molar-refractivity contribution < 1.29 is 9.90 Å². The van der Waals surface area contributed by atoms with Gasteiger partial charge < -0.3 is 10.1 Å². The third-order valence-corrected chi connectivity index (χ3v) is 3.21. The maximum atomic E-state index is 11.2. The first-order chi connectivity index (χ1) is 9.13. The van der Waals surface area contributed by atoms with Crippen LogP contribution in [-0.4, -0.2) is 21.0 Å². The van der Waals surface area contributed by atoms with E-state index in [1.165, 1.54) is 0 Å². The lowest BCUT2D eigenvalue weighted by molar-refractivity contribution is 0.0689. The lowest BCUT2D eigenvalue weighted by Gasteiger charge is -2.08. The van der Waals surface area contributed by atoms with Gasteiger partial charge in [-0.1, -0.05) is 50.6 Å². The van der Waals surface area contributed by atoms with E-state index in [0.717, 1.165) is 12.0 Å². The Labute approximate surface area is 112 Å². The number of carboxylic acids is 1. The molecule has 2 rings (SSSR count). The molecular weight excluding hydrogens is 240 g/mol. The Morgan fingerprint density at radius 1 is 1.37 bits per heavy atom. The van der Waals surface area contributed by atoms with Gasteiger partial charge in [0.15, 0.2) is 5.69 Å². The van der Waals surface area contributed by atoms with E-state index in [1.807, 2.05) is 44.2 Å². The van der Waals surface area contributed by atoms with E-state index in [4.69, 9.17) is 0 Å². The minimum atomic E-state index is -0.966. The van der Waals surface area contributed by atoms with Gasteiger partial charge in [0.25, 0.3) is 0 Å². The standard InChI is InChI=1S/C15H18N2O2/c1-3-7-12-13(15(18)19)17-14(16-12)10(2)11-8-5-4-6-9-11/h4-6,8-10H,3,7H2,1-2H3,(H,16,17)(H,18,19). The summed E-state index contributed by atoms with van der Waals surface area (Å²) in [5.41, 5.74) is 1.99. The van der Waals surface area contributed by atoms with Crippen LogP contribution in [0.4, 0.5) is 0 Å². The van der Waals surface area contributed by atoms with Gasteiger partial charge in [-0.2, -0.15) is 0 Å². The first-order valence-electron chi connectivity index (χ1n) is 6.50. The highest BCUT2D eigenvalue weighted by Gasteiger charge is 2.19. The van der Waals surface area contributed by atoms with Crippen molar-refractivity contribution in [3.63, 3.8) is 0 Å². The fourth-order valence-electron chi connectivity index (χ4n) is 2.14. The number of aromatic amines is 1. The van der Waals surface area contributed by atoms with Crippen LogP contribution in [0.15, 0.2) is 30.3 Å². The Hall–Kier alpha value is -2.10. The van der Waals surface area contributed by atoms with Gasteiger partial charge in [-0.25, -0.2) is 9.78 Å². The maximum absolute atomic E-state index is 11.2. The van der Waals surface area contributed by atoms with E-state index in [9.17, 15) is 9.90 Å². The average molecular weight is 258 g/mol.